The summed E-state index contributed by atoms with van der Waals surface area (Å²) in [5, 5.41) is 2.61. The summed E-state index contributed by atoms with van der Waals surface area (Å²) in [6.45, 7) is 10.3. The van der Waals surface area contributed by atoms with Crippen LogP contribution in [0.1, 0.15) is 47.1 Å². The molecule has 1 aliphatic heterocycles. The van der Waals surface area contributed by atoms with Gasteiger partial charge in [-0.05, 0) is 59.1 Å². The summed E-state index contributed by atoms with van der Waals surface area (Å²) in [7, 11) is -1.15. The Balaban J connectivity index is 2.26. The molecule has 0 spiro atoms. The normalized spacial score (nSPS) is 18.7. The number of benzene rings is 1. The van der Waals surface area contributed by atoms with E-state index >= 15 is 0 Å². The fourth-order valence-electron chi connectivity index (χ4n) is 2.56. The van der Waals surface area contributed by atoms with Crippen LogP contribution in [-0.4, -0.2) is 36.9 Å². The first kappa shape index (κ1) is 21.6. The number of rotatable bonds is 5. The topological polar surface area (TPSA) is 56.8 Å². The second-order valence-corrected chi connectivity index (χ2v) is 7.85. The van der Waals surface area contributed by atoms with Crippen LogP contribution in [0.5, 0.6) is 5.75 Å². The van der Waals surface area contributed by atoms with Gasteiger partial charge in [-0.25, -0.2) is 0 Å². The van der Waals surface area contributed by atoms with Gasteiger partial charge in [-0.15, -0.1) is 0 Å². The van der Waals surface area contributed by atoms with Crippen LogP contribution in [0.3, 0.4) is 0 Å². The molecule has 9 heteroatoms. The van der Waals surface area contributed by atoms with E-state index in [1.807, 2.05) is 0 Å². The van der Waals surface area contributed by atoms with Crippen molar-refractivity contribution in [3.8, 4) is 5.75 Å². The lowest BCUT2D eigenvalue weighted by Crippen LogP contribution is -2.41. The van der Waals surface area contributed by atoms with Gasteiger partial charge in [0, 0.05) is 6.04 Å². The summed E-state index contributed by atoms with van der Waals surface area (Å²) < 4.78 is 57.5. The Morgan fingerprint density at radius 3 is 2.22 bits per heavy atom. The van der Waals surface area contributed by atoms with E-state index in [1.165, 1.54) is 12.1 Å². The van der Waals surface area contributed by atoms with Crippen LogP contribution < -0.4 is 15.5 Å². The van der Waals surface area contributed by atoms with Crippen molar-refractivity contribution < 1.29 is 32.0 Å². The zero-order chi connectivity index (χ0) is 20.6. The van der Waals surface area contributed by atoms with Crippen molar-refractivity contribution in [3.63, 3.8) is 0 Å². The molecular weight excluding hydrogens is 362 g/mol. The molecule has 2 rings (SSSR count). The molecule has 1 amide bonds. The molecule has 0 aliphatic carbocycles. The Labute approximate surface area is 157 Å². The van der Waals surface area contributed by atoms with Crippen molar-refractivity contribution in [1.82, 2.24) is 5.32 Å². The summed E-state index contributed by atoms with van der Waals surface area (Å²) in [4.78, 5) is 11.6. The van der Waals surface area contributed by atoms with E-state index in [2.05, 4.69) is 5.32 Å². The van der Waals surface area contributed by atoms with E-state index in [0.29, 0.717) is 0 Å². The Bertz CT molecular complexity index is 688. The zero-order valence-electron chi connectivity index (χ0n) is 16.4. The van der Waals surface area contributed by atoms with E-state index in [1.54, 1.807) is 41.5 Å². The van der Waals surface area contributed by atoms with Gasteiger partial charge in [-0.2, -0.15) is 13.2 Å². The largest absolute Gasteiger partial charge is 0.495 e. The molecule has 1 saturated heterocycles. The van der Waals surface area contributed by atoms with Gasteiger partial charge in [0.2, 0.25) is 0 Å². The van der Waals surface area contributed by atoms with Gasteiger partial charge in [-0.1, -0.05) is 6.07 Å². The second-order valence-electron chi connectivity index (χ2n) is 7.85. The lowest BCUT2D eigenvalue weighted by atomic mass is 9.75. The van der Waals surface area contributed by atoms with Crippen LogP contribution in [0.25, 0.3) is 0 Å². The minimum atomic E-state index is -4.63. The summed E-state index contributed by atoms with van der Waals surface area (Å²) in [6.07, 6.45) is -4.63. The first-order valence-electron chi connectivity index (χ1n) is 8.72. The smallest absolute Gasteiger partial charge is 0.484 e. The molecule has 0 unspecified atom stereocenters. The van der Waals surface area contributed by atoms with Crippen LogP contribution >= 0.6 is 0 Å². The average Bonchev–Trinajstić information content (AvgIpc) is 2.71. The highest BCUT2D eigenvalue weighted by atomic mass is 19.4. The molecule has 1 fully saturated rings. The van der Waals surface area contributed by atoms with Crippen molar-refractivity contribution in [2.45, 2.75) is 65.0 Å². The Kier molecular flexibility index (Phi) is 5.87. The second kappa shape index (κ2) is 7.35. The maximum absolute atomic E-state index is 13.6. The lowest BCUT2D eigenvalue weighted by Gasteiger charge is -2.32. The third-order valence-corrected chi connectivity index (χ3v) is 4.66. The molecule has 0 aromatic heterocycles. The lowest BCUT2D eigenvalue weighted by molar-refractivity contribution is -0.137. The Morgan fingerprint density at radius 1 is 1.19 bits per heavy atom. The first-order chi connectivity index (χ1) is 12.2. The number of nitrogens with one attached hydrogen (secondary N) is 1. The van der Waals surface area contributed by atoms with Crippen molar-refractivity contribution in [2.75, 3.05) is 6.61 Å². The van der Waals surface area contributed by atoms with Crippen LogP contribution in [0.4, 0.5) is 13.2 Å². The van der Waals surface area contributed by atoms with E-state index in [-0.39, 0.29) is 23.9 Å². The third-order valence-electron chi connectivity index (χ3n) is 4.66. The van der Waals surface area contributed by atoms with Crippen LogP contribution in [0.2, 0.25) is 0 Å². The van der Waals surface area contributed by atoms with Gasteiger partial charge >= 0.3 is 13.3 Å². The van der Waals surface area contributed by atoms with E-state index in [9.17, 15) is 18.0 Å². The molecule has 0 saturated carbocycles. The van der Waals surface area contributed by atoms with Crippen LogP contribution in [0.15, 0.2) is 18.2 Å². The summed E-state index contributed by atoms with van der Waals surface area (Å²) in [5.41, 5.74) is -2.56. The minimum Gasteiger partial charge on any atom is -0.484 e. The molecule has 0 bridgehead atoms. The van der Waals surface area contributed by atoms with Crippen molar-refractivity contribution in [2.24, 2.45) is 0 Å². The fourth-order valence-corrected chi connectivity index (χ4v) is 2.56. The first-order valence-corrected chi connectivity index (χ1v) is 8.72. The Hall–Kier alpha value is -1.74. The summed E-state index contributed by atoms with van der Waals surface area (Å²) in [6, 6.07) is 3.42. The van der Waals surface area contributed by atoms with Crippen molar-refractivity contribution >= 4 is 18.5 Å². The molecule has 27 heavy (non-hydrogen) atoms. The minimum absolute atomic E-state index is 0.0542. The number of halogens is 3. The maximum atomic E-state index is 13.6. The van der Waals surface area contributed by atoms with Gasteiger partial charge < -0.3 is 19.4 Å². The van der Waals surface area contributed by atoms with Gasteiger partial charge in [0.05, 0.1) is 16.8 Å². The monoisotopic (exact) mass is 387 g/mol. The van der Waals surface area contributed by atoms with Gasteiger partial charge in [-0.3, -0.25) is 4.79 Å². The zero-order valence-corrected chi connectivity index (χ0v) is 16.4. The van der Waals surface area contributed by atoms with Gasteiger partial charge in [0.25, 0.3) is 5.91 Å². The molecule has 1 heterocycles. The average molecular weight is 387 g/mol. The molecular formula is C18H25BF3NO4. The molecule has 1 aliphatic rings. The number of hydrogen-bond acceptors (Lipinski definition) is 4. The quantitative estimate of drug-likeness (QED) is 0.790. The van der Waals surface area contributed by atoms with Crippen molar-refractivity contribution in [3.05, 3.63) is 23.8 Å². The van der Waals surface area contributed by atoms with E-state index < -0.39 is 36.0 Å². The number of amides is 1. The number of alkyl halides is 3. The van der Waals surface area contributed by atoms with Crippen LogP contribution in [0, 0.1) is 0 Å². The maximum Gasteiger partial charge on any atom is 0.495 e. The molecule has 0 radical (unpaired) electrons. The molecule has 150 valence electrons. The van der Waals surface area contributed by atoms with Gasteiger partial charge in [0.1, 0.15) is 5.75 Å². The van der Waals surface area contributed by atoms with E-state index in [0.717, 1.165) is 6.07 Å². The SMILES string of the molecule is CC(C)NC(=O)COc1ccc(B2OC(C)(C)C(C)(C)O2)c(C(F)(F)F)c1. The fraction of sp³-hybridized carbons (Fsp3) is 0.611. The van der Waals surface area contributed by atoms with Gasteiger partial charge in [0.15, 0.2) is 6.61 Å². The number of carbonyl (C=O) groups is 1. The highest BCUT2D eigenvalue weighted by Crippen LogP contribution is 2.38. The molecule has 0 atom stereocenters. The standard InChI is InChI=1S/C18H25BF3NO4/c1-11(2)23-15(24)10-25-12-7-8-14(13(9-12)18(20,21)22)19-26-16(3,4)17(5,6)27-19/h7-9,11H,10H2,1-6H3,(H,23,24). The Morgan fingerprint density at radius 2 is 1.74 bits per heavy atom. The third kappa shape index (κ3) is 4.96. The highest BCUT2D eigenvalue weighted by molar-refractivity contribution is 6.62. The van der Waals surface area contributed by atoms with Crippen molar-refractivity contribution in [1.29, 1.82) is 0 Å². The highest BCUT2D eigenvalue weighted by Gasteiger charge is 2.53. The predicted molar refractivity (Wildman–Crippen MR) is 95.9 cm³/mol. The molecule has 1 aromatic carbocycles. The number of carbonyl (C=O) groups excluding carboxylic acids is 1. The van der Waals surface area contributed by atoms with Crippen LogP contribution in [-0.2, 0) is 20.3 Å². The number of ether oxygens (including phenoxy) is 1. The molecule has 5 nitrogen and oxygen atoms in total. The predicted octanol–water partition coefficient (Wildman–Crippen LogP) is 2.91. The number of hydrogen-bond donors (Lipinski definition) is 1. The summed E-state index contributed by atoms with van der Waals surface area (Å²) >= 11 is 0. The molecule has 1 aromatic rings. The van der Waals surface area contributed by atoms with E-state index in [4.69, 9.17) is 14.0 Å². The molecule has 1 N–H and O–H groups in total. The summed E-state index contributed by atoms with van der Waals surface area (Å²) in [5.74, 6) is -0.463.